The lowest BCUT2D eigenvalue weighted by molar-refractivity contribution is 0.0715. The maximum atomic E-state index is 13.8. The largest absolute Gasteiger partial charge is 0.416 e. The first kappa shape index (κ1) is 20.5. The normalized spacial score (nSPS) is 21.6. The van der Waals surface area contributed by atoms with E-state index in [4.69, 9.17) is 5.73 Å². The van der Waals surface area contributed by atoms with Gasteiger partial charge < -0.3 is 15.5 Å². The number of benzene rings is 2. The quantitative estimate of drug-likeness (QED) is 0.203. The van der Waals surface area contributed by atoms with Gasteiger partial charge in [-0.15, -0.1) is 0 Å². The second-order valence-electron chi connectivity index (χ2n) is 8.38. The van der Waals surface area contributed by atoms with Crippen LogP contribution in [0, 0.1) is 35.0 Å². The Morgan fingerprint density at radius 1 is 1.03 bits per heavy atom. The molecule has 3 aromatic rings. The standard InChI is InChI=1S/C22H15F5N2O3/c23-13-14(24)16(26)19(17(27)15(13)25)32-21(31)12-18(28)10-2-1-9(5-11(10)29-20(12)30)22-4-3-8(6-22)7-22/h1-2,5,8H,3-4,6-7H2,(H3,28,29,30). The van der Waals surface area contributed by atoms with E-state index in [1.54, 1.807) is 12.1 Å². The number of H-pyrrole nitrogens is 1. The van der Waals surface area contributed by atoms with Crippen molar-refractivity contribution < 1.29 is 31.5 Å². The lowest BCUT2D eigenvalue weighted by Gasteiger charge is -2.39. The SMILES string of the molecule is Nc1c(C(=O)Oc2c(F)c(F)c(F)c(F)c2F)c(=O)[nH]c2cc(C34CCC(C3)C4)ccc12. The number of ether oxygens (including phenoxy) is 1. The molecule has 3 aliphatic carbocycles. The second-order valence-corrected chi connectivity index (χ2v) is 8.38. The third-order valence-corrected chi connectivity index (χ3v) is 6.63. The molecule has 0 aliphatic heterocycles. The van der Waals surface area contributed by atoms with Gasteiger partial charge in [0.05, 0.1) is 11.2 Å². The van der Waals surface area contributed by atoms with Gasteiger partial charge >= 0.3 is 5.97 Å². The molecule has 3 fully saturated rings. The van der Waals surface area contributed by atoms with Crippen molar-refractivity contribution in [2.75, 3.05) is 5.73 Å². The third kappa shape index (κ3) is 2.74. The van der Waals surface area contributed by atoms with Crippen molar-refractivity contribution in [2.24, 2.45) is 5.92 Å². The minimum absolute atomic E-state index is 0.0773. The molecule has 0 radical (unpaired) electrons. The van der Waals surface area contributed by atoms with Crippen molar-refractivity contribution in [2.45, 2.75) is 31.1 Å². The van der Waals surface area contributed by atoms with E-state index in [1.807, 2.05) is 6.07 Å². The number of fused-ring (bicyclic) bond motifs is 2. The van der Waals surface area contributed by atoms with E-state index in [0.29, 0.717) is 11.4 Å². The lowest BCUT2D eigenvalue weighted by atomic mass is 9.65. The molecular formula is C22H15F5N2O3. The molecule has 166 valence electrons. The van der Waals surface area contributed by atoms with Crippen LogP contribution in [0.15, 0.2) is 23.0 Å². The van der Waals surface area contributed by atoms with Crippen LogP contribution in [0.2, 0.25) is 0 Å². The highest BCUT2D eigenvalue weighted by atomic mass is 19.2. The van der Waals surface area contributed by atoms with E-state index in [2.05, 4.69) is 9.72 Å². The molecule has 0 amide bonds. The van der Waals surface area contributed by atoms with E-state index in [0.717, 1.165) is 31.2 Å². The zero-order valence-corrected chi connectivity index (χ0v) is 16.3. The number of aromatic nitrogens is 1. The summed E-state index contributed by atoms with van der Waals surface area (Å²) < 4.78 is 72.0. The first-order valence-electron chi connectivity index (χ1n) is 9.82. The number of aromatic amines is 1. The van der Waals surface area contributed by atoms with Gasteiger partial charge in [0.2, 0.25) is 34.8 Å². The molecule has 10 heteroatoms. The predicted molar refractivity (Wildman–Crippen MR) is 104 cm³/mol. The average Bonchev–Trinajstić information content (AvgIpc) is 3.36. The van der Waals surface area contributed by atoms with Crippen LogP contribution in [0.3, 0.4) is 0 Å². The predicted octanol–water partition coefficient (Wildman–Crippen LogP) is 4.47. The van der Waals surface area contributed by atoms with Crippen molar-refractivity contribution in [1.82, 2.24) is 4.98 Å². The number of nitrogens with two attached hydrogens (primary N) is 1. The summed E-state index contributed by atoms with van der Waals surface area (Å²) in [5, 5.41) is 0.281. The molecule has 1 heterocycles. The van der Waals surface area contributed by atoms with Crippen molar-refractivity contribution in [3.8, 4) is 5.75 Å². The summed E-state index contributed by atoms with van der Waals surface area (Å²) in [6.45, 7) is 0. The summed E-state index contributed by atoms with van der Waals surface area (Å²) in [5.41, 5.74) is 5.29. The van der Waals surface area contributed by atoms with Gasteiger partial charge in [-0.05, 0) is 48.6 Å². The fourth-order valence-corrected chi connectivity index (χ4v) is 4.99. The van der Waals surface area contributed by atoms with Crippen LogP contribution in [0.25, 0.3) is 10.9 Å². The Hall–Kier alpha value is -3.43. The van der Waals surface area contributed by atoms with Gasteiger partial charge in [-0.2, -0.15) is 8.78 Å². The molecule has 1 aromatic heterocycles. The zero-order valence-electron chi connectivity index (χ0n) is 16.3. The summed E-state index contributed by atoms with van der Waals surface area (Å²) in [7, 11) is 0. The topological polar surface area (TPSA) is 85.2 Å². The molecule has 3 aliphatic rings. The fourth-order valence-electron chi connectivity index (χ4n) is 4.99. The maximum absolute atomic E-state index is 13.8. The molecule has 0 unspecified atom stereocenters. The Morgan fingerprint density at radius 2 is 1.66 bits per heavy atom. The van der Waals surface area contributed by atoms with Crippen LogP contribution in [0.1, 0.15) is 41.6 Å². The lowest BCUT2D eigenvalue weighted by Crippen LogP contribution is -2.32. The number of rotatable bonds is 3. The Balaban J connectivity index is 1.55. The van der Waals surface area contributed by atoms with Gasteiger partial charge in [0.15, 0.2) is 0 Å². The number of halogens is 5. The number of carbonyl (C=O) groups excluding carboxylic acids is 1. The van der Waals surface area contributed by atoms with Gasteiger partial charge in [-0.25, -0.2) is 18.0 Å². The van der Waals surface area contributed by atoms with E-state index >= 15 is 0 Å². The van der Waals surface area contributed by atoms with Crippen molar-refractivity contribution in [3.63, 3.8) is 0 Å². The highest BCUT2D eigenvalue weighted by Crippen LogP contribution is 2.59. The number of carbonyl (C=O) groups is 1. The number of nitrogens with one attached hydrogen (secondary N) is 1. The average molecular weight is 450 g/mol. The van der Waals surface area contributed by atoms with E-state index in [9.17, 15) is 31.5 Å². The smallest absolute Gasteiger partial charge is 0.351 e. The number of pyridine rings is 1. The summed E-state index contributed by atoms with van der Waals surface area (Å²) in [6, 6.07) is 5.25. The van der Waals surface area contributed by atoms with Gasteiger partial charge in [-0.1, -0.05) is 12.1 Å². The highest BCUT2D eigenvalue weighted by molar-refractivity contribution is 6.04. The minimum atomic E-state index is -2.40. The number of esters is 1. The summed E-state index contributed by atoms with van der Waals surface area (Å²) in [6.07, 6.45) is 4.35. The highest BCUT2D eigenvalue weighted by Gasteiger charge is 2.51. The fraction of sp³-hybridized carbons (Fsp3) is 0.273. The van der Waals surface area contributed by atoms with E-state index in [1.165, 1.54) is 0 Å². The molecule has 3 saturated carbocycles. The molecule has 0 saturated heterocycles. The van der Waals surface area contributed by atoms with Crippen LogP contribution < -0.4 is 16.0 Å². The number of anilines is 1. The maximum Gasteiger partial charge on any atom is 0.351 e. The Bertz CT molecular complexity index is 1340. The summed E-state index contributed by atoms with van der Waals surface area (Å²) in [4.78, 5) is 27.5. The number of hydrogen-bond acceptors (Lipinski definition) is 4. The first-order valence-corrected chi connectivity index (χ1v) is 9.82. The molecule has 0 spiro atoms. The molecular weight excluding hydrogens is 435 g/mol. The Morgan fingerprint density at radius 3 is 2.25 bits per heavy atom. The molecule has 2 bridgehead atoms. The van der Waals surface area contributed by atoms with Gasteiger partial charge in [-0.3, -0.25) is 4.79 Å². The van der Waals surface area contributed by atoms with Crippen LogP contribution in [-0.4, -0.2) is 11.0 Å². The Labute approximate surface area is 177 Å². The number of hydrogen-bond donors (Lipinski definition) is 2. The second kappa shape index (κ2) is 6.78. The molecule has 5 nitrogen and oxygen atoms in total. The van der Waals surface area contributed by atoms with Crippen molar-refractivity contribution in [1.29, 1.82) is 0 Å². The molecule has 6 rings (SSSR count). The van der Waals surface area contributed by atoms with E-state index in [-0.39, 0.29) is 16.5 Å². The third-order valence-electron chi connectivity index (χ3n) is 6.63. The van der Waals surface area contributed by atoms with E-state index < -0.39 is 51.9 Å². The van der Waals surface area contributed by atoms with Crippen LogP contribution >= 0.6 is 0 Å². The van der Waals surface area contributed by atoms with Crippen LogP contribution in [0.5, 0.6) is 5.75 Å². The number of nitrogen functional groups attached to an aromatic ring is 1. The van der Waals surface area contributed by atoms with Gasteiger partial charge in [0.1, 0.15) is 5.56 Å². The molecule has 32 heavy (non-hydrogen) atoms. The van der Waals surface area contributed by atoms with Crippen LogP contribution in [-0.2, 0) is 5.41 Å². The zero-order chi connectivity index (χ0) is 22.9. The van der Waals surface area contributed by atoms with Crippen molar-refractivity contribution >= 4 is 22.6 Å². The molecule has 0 atom stereocenters. The monoisotopic (exact) mass is 450 g/mol. The summed E-state index contributed by atoms with van der Waals surface area (Å²) in [5.74, 6) is -14.4. The first-order chi connectivity index (χ1) is 15.1. The molecule has 2 aromatic carbocycles. The van der Waals surface area contributed by atoms with Gasteiger partial charge in [0.25, 0.3) is 5.56 Å². The van der Waals surface area contributed by atoms with Crippen LogP contribution in [0.4, 0.5) is 27.6 Å². The minimum Gasteiger partial charge on any atom is -0.416 e. The Kier molecular flexibility index (Phi) is 4.34. The summed E-state index contributed by atoms with van der Waals surface area (Å²) >= 11 is 0. The van der Waals surface area contributed by atoms with Gasteiger partial charge in [0, 0.05) is 5.39 Å². The molecule has 3 N–H and O–H groups in total. The van der Waals surface area contributed by atoms with Crippen molar-refractivity contribution in [3.05, 3.63) is 68.8 Å².